The Balaban J connectivity index is 2.23. The lowest BCUT2D eigenvalue weighted by Crippen LogP contribution is -2.41. The topological polar surface area (TPSA) is 75.8 Å². The van der Waals surface area contributed by atoms with Crippen molar-refractivity contribution in [3.63, 3.8) is 0 Å². The van der Waals surface area contributed by atoms with Crippen molar-refractivity contribution in [1.82, 2.24) is 10.2 Å². The van der Waals surface area contributed by atoms with E-state index in [2.05, 4.69) is 10.2 Å². The third-order valence-corrected chi connectivity index (χ3v) is 3.23. The zero-order valence-corrected chi connectivity index (χ0v) is 12.1. The van der Waals surface area contributed by atoms with Gasteiger partial charge in [0.15, 0.2) is 6.07 Å². The van der Waals surface area contributed by atoms with Gasteiger partial charge in [0.25, 0.3) is 0 Å². The van der Waals surface area contributed by atoms with Gasteiger partial charge in [-0.05, 0) is 0 Å². The maximum absolute atomic E-state index is 9.09. The van der Waals surface area contributed by atoms with Gasteiger partial charge in [-0.25, -0.2) is 0 Å². The standard InChI is InChI=1S/C18H11N5/c19-12-16(13-20)23-21-17(14-7-3-1-4-8-14)11-18(22-23)15-9-5-2-6-10-15/h1-11H. The van der Waals surface area contributed by atoms with Gasteiger partial charge in [0, 0.05) is 27.4 Å². The first-order valence-electron chi connectivity index (χ1n) is 6.92. The first-order valence-corrected chi connectivity index (χ1v) is 6.92. The number of rotatable bonds is 3. The van der Waals surface area contributed by atoms with Crippen LogP contribution in [0.15, 0.2) is 66.7 Å². The Morgan fingerprint density at radius 1 is 0.870 bits per heavy atom. The van der Waals surface area contributed by atoms with Crippen LogP contribution in [0.5, 0.6) is 0 Å². The van der Waals surface area contributed by atoms with Gasteiger partial charge in [-0.2, -0.15) is 11.1 Å². The molecule has 108 valence electrons. The second-order valence-corrected chi connectivity index (χ2v) is 4.71. The van der Waals surface area contributed by atoms with Crippen molar-refractivity contribution in [3.8, 4) is 28.6 Å². The van der Waals surface area contributed by atoms with Gasteiger partial charge < -0.3 is 5.41 Å². The summed E-state index contributed by atoms with van der Waals surface area (Å²) in [5.41, 5.74) is 2.87. The molecule has 0 saturated carbocycles. The van der Waals surface area contributed by atoms with E-state index in [4.69, 9.17) is 10.7 Å². The van der Waals surface area contributed by atoms with E-state index < -0.39 is 0 Å². The van der Waals surface area contributed by atoms with Crippen LogP contribution in [0.1, 0.15) is 0 Å². The van der Waals surface area contributed by atoms with Gasteiger partial charge in [0.1, 0.15) is 11.4 Å². The van der Waals surface area contributed by atoms with Gasteiger partial charge in [-0.15, -0.1) is 0 Å². The van der Waals surface area contributed by atoms with Crippen LogP contribution in [0.2, 0.25) is 0 Å². The molecule has 0 spiro atoms. The van der Waals surface area contributed by atoms with E-state index >= 15 is 0 Å². The molecule has 0 fully saturated rings. The molecule has 0 radical (unpaired) electrons. The molecule has 1 aromatic heterocycles. The maximum Gasteiger partial charge on any atom is 0.364 e. The van der Waals surface area contributed by atoms with E-state index in [9.17, 15) is 0 Å². The first-order chi connectivity index (χ1) is 11.3. The van der Waals surface area contributed by atoms with Crippen LogP contribution in [-0.2, 0) is 0 Å². The molecular formula is C18H11N5. The zero-order valence-electron chi connectivity index (χ0n) is 12.1. The quantitative estimate of drug-likeness (QED) is 0.424. The number of allylic oxidation sites excluding steroid dienone is 1. The molecule has 0 saturated heterocycles. The van der Waals surface area contributed by atoms with Crippen LogP contribution in [0, 0.1) is 11.3 Å². The highest BCUT2D eigenvalue weighted by Crippen LogP contribution is 2.21. The maximum atomic E-state index is 9.09. The van der Waals surface area contributed by atoms with Gasteiger partial charge >= 0.3 is 5.70 Å². The molecule has 5 heteroatoms. The number of hydrogen-bond acceptors (Lipinski definition) is 3. The van der Waals surface area contributed by atoms with Crippen LogP contribution >= 0.6 is 0 Å². The van der Waals surface area contributed by atoms with E-state index in [-0.39, 0.29) is 5.70 Å². The lowest BCUT2D eigenvalue weighted by Gasteiger charge is -2.02. The summed E-state index contributed by atoms with van der Waals surface area (Å²) in [7, 11) is 0. The summed E-state index contributed by atoms with van der Waals surface area (Å²) in [6.07, 6.45) is 0. The monoisotopic (exact) mass is 297 g/mol. The fourth-order valence-electron chi connectivity index (χ4n) is 2.13. The summed E-state index contributed by atoms with van der Waals surface area (Å²) in [5.74, 6) is 1.82. The van der Waals surface area contributed by atoms with Gasteiger partial charge in [0.2, 0.25) is 0 Å². The van der Waals surface area contributed by atoms with Crippen molar-refractivity contribution >= 4 is 11.6 Å². The molecule has 3 rings (SSSR count). The van der Waals surface area contributed by atoms with Crippen molar-refractivity contribution in [2.75, 3.05) is 0 Å². The molecule has 23 heavy (non-hydrogen) atoms. The lowest BCUT2D eigenvalue weighted by molar-refractivity contribution is -0.700. The lowest BCUT2D eigenvalue weighted by atomic mass is 10.1. The molecule has 5 nitrogen and oxygen atoms in total. The molecule has 0 bridgehead atoms. The highest BCUT2D eigenvalue weighted by Gasteiger charge is 2.18. The molecule has 2 aromatic carbocycles. The Labute approximate surface area is 133 Å². The van der Waals surface area contributed by atoms with Crippen molar-refractivity contribution < 1.29 is 4.80 Å². The van der Waals surface area contributed by atoms with Gasteiger partial charge in [-0.1, -0.05) is 60.7 Å². The molecule has 3 aromatic rings. The third-order valence-electron chi connectivity index (χ3n) is 3.23. The second kappa shape index (κ2) is 6.44. The second-order valence-electron chi connectivity index (χ2n) is 4.71. The van der Waals surface area contributed by atoms with E-state index in [0.29, 0.717) is 11.4 Å². The molecule has 0 aliphatic carbocycles. The third kappa shape index (κ3) is 3.03. The highest BCUT2D eigenvalue weighted by atomic mass is 15.5. The Morgan fingerprint density at radius 2 is 1.35 bits per heavy atom. The Hall–Kier alpha value is -3.61. The molecule has 0 atom stereocenters. The minimum absolute atomic E-state index is 0.181. The Bertz CT molecular complexity index is 863. The average Bonchev–Trinajstić information content (AvgIpc) is 2.64. The van der Waals surface area contributed by atoms with E-state index in [0.717, 1.165) is 15.9 Å². The minimum Gasteiger partial charge on any atom is -0.757 e. The first kappa shape index (κ1) is 14.3. The SMILES string of the molecule is N#CC(=C=[N-])[n+]1nc(-c2ccccc2)cc(-c2ccccc2)n1. The van der Waals surface area contributed by atoms with Crippen molar-refractivity contribution in [2.45, 2.75) is 0 Å². The Morgan fingerprint density at radius 3 is 1.74 bits per heavy atom. The molecule has 0 aliphatic rings. The van der Waals surface area contributed by atoms with Crippen molar-refractivity contribution in [1.29, 1.82) is 5.26 Å². The molecule has 0 N–H and O–H groups in total. The summed E-state index contributed by atoms with van der Waals surface area (Å²) in [4.78, 5) is 1.09. The van der Waals surface area contributed by atoms with E-state index in [1.165, 1.54) is 0 Å². The fourth-order valence-corrected chi connectivity index (χ4v) is 2.13. The number of benzene rings is 2. The zero-order chi connectivity index (χ0) is 16.1. The molecule has 0 unspecified atom stereocenters. The van der Waals surface area contributed by atoms with Crippen molar-refractivity contribution in [2.24, 2.45) is 0 Å². The molecule has 0 amide bonds. The molecular weight excluding hydrogens is 286 g/mol. The highest BCUT2D eigenvalue weighted by molar-refractivity contribution is 5.84. The van der Waals surface area contributed by atoms with Crippen LogP contribution in [0.3, 0.4) is 0 Å². The molecule has 1 heterocycles. The largest absolute Gasteiger partial charge is 0.757 e. The summed E-state index contributed by atoms with van der Waals surface area (Å²) in [5, 5.41) is 26.8. The number of nitriles is 1. The summed E-state index contributed by atoms with van der Waals surface area (Å²) in [6.45, 7) is 0. The smallest absolute Gasteiger partial charge is 0.364 e. The van der Waals surface area contributed by atoms with Crippen molar-refractivity contribution in [3.05, 3.63) is 72.1 Å². The number of aromatic nitrogens is 3. The molecule has 0 aliphatic heterocycles. The predicted molar refractivity (Wildman–Crippen MR) is 86.8 cm³/mol. The Kier molecular flexibility index (Phi) is 4.01. The summed E-state index contributed by atoms with van der Waals surface area (Å²) >= 11 is 0. The van der Waals surface area contributed by atoms with Crippen LogP contribution in [-0.4, -0.2) is 16.1 Å². The van der Waals surface area contributed by atoms with E-state index in [1.807, 2.05) is 78.7 Å². The predicted octanol–water partition coefficient (Wildman–Crippen LogP) is 2.70. The van der Waals surface area contributed by atoms with Crippen LogP contribution in [0.25, 0.3) is 33.6 Å². The number of nitrogens with zero attached hydrogens (tertiary/aromatic N) is 5. The van der Waals surface area contributed by atoms with Crippen LogP contribution < -0.4 is 4.80 Å². The summed E-state index contributed by atoms with van der Waals surface area (Å²) < 4.78 is 0. The van der Waals surface area contributed by atoms with E-state index in [1.54, 1.807) is 0 Å². The van der Waals surface area contributed by atoms with Gasteiger partial charge in [-0.3, -0.25) is 0 Å². The number of hydrogen-bond donors (Lipinski definition) is 0. The summed E-state index contributed by atoms with van der Waals surface area (Å²) in [6, 6.07) is 22.8. The van der Waals surface area contributed by atoms with Crippen LogP contribution in [0.4, 0.5) is 0 Å². The average molecular weight is 297 g/mol. The normalized spacial score (nSPS) is 9.70. The van der Waals surface area contributed by atoms with Gasteiger partial charge in [0.05, 0.1) is 4.80 Å². The minimum atomic E-state index is -0.181. The fraction of sp³-hybridized carbons (Fsp3) is 0.